The molecule has 1 rings (SSSR count). The monoisotopic (exact) mass is 285 g/mol. The first-order valence-corrected chi connectivity index (χ1v) is 6.51. The summed E-state index contributed by atoms with van der Waals surface area (Å²) in [5.41, 5.74) is 0.337. The van der Waals surface area contributed by atoms with Gasteiger partial charge in [-0.05, 0) is 44.5 Å². The summed E-state index contributed by atoms with van der Waals surface area (Å²) in [7, 11) is 1.58. The van der Waals surface area contributed by atoms with Crippen molar-refractivity contribution in [3.8, 4) is 5.75 Å². The van der Waals surface area contributed by atoms with Crippen molar-refractivity contribution >= 4 is 17.6 Å². The van der Waals surface area contributed by atoms with Crippen molar-refractivity contribution < 1.29 is 14.6 Å². The van der Waals surface area contributed by atoms with Crippen molar-refractivity contribution in [2.75, 3.05) is 13.7 Å². The summed E-state index contributed by atoms with van der Waals surface area (Å²) in [5, 5.41) is 12.8. The molecule has 2 N–H and O–H groups in total. The smallest absolute Gasteiger partial charge is 0.309 e. The molecule has 19 heavy (non-hydrogen) atoms. The Morgan fingerprint density at radius 3 is 2.68 bits per heavy atom. The number of hydrogen-bond donors (Lipinski definition) is 2. The van der Waals surface area contributed by atoms with Crippen LogP contribution in [0.15, 0.2) is 18.2 Å². The Balaban J connectivity index is 2.42. The van der Waals surface area contributed by atoms with Gasteiger partial charge in [-0.25, -0.2) is 0 Å². The number of ether oxygens (including phenoxy) is 1. The van der Waals surface area contributed by atoms with Crippen LogP contribution in [0.4, 0.5) is 0 Å². The number of carboxylic acid groups (broad SMARTS) is 1. The molecule has 0 aromatic heterocycles. The van der Waals surface area contributed by atoms with Crippen LogP contribution in [-0.2, 0) is 11.3 Å². The van der Waals surface area contributed by atoms with E-state index in [-0.39, 0.29) is 0 Å². The second-order valence-corrected chi connectivity index (χ2v) is 5.49. The van der Waals surface area contributed by atoms with Crippen LogP contribution in [0, 0.1) is 5.41 Å². The van der Waals surface area contributed by atoms with Crippen LogP contribution in [0.3, 0.4) is 0 Å². The molecule has 1 aromatic rings. The van der Waals surface area contributed by atoms with E-state index in [0.717, 1.165) is 5.56 Å². The molecule has 0 aliphatic rings. The first-order valence-electron chi connectivity index (χ1n) is 6.13. The van der Waals surface area contributed by atoms with E-state index in [1.165, 1.54) is 0 Å². The van der Waals surface area contributed by atoms with Gasteiger partial charge < -0.3 is 15.2 Å². The minimum Gasteiger partial charge on any atom is -0.495 e. The van der Waals surface area contributed by atoms with Crippen molar-refractivity contribution in [3.05, 3.63) is 28.8 Å². The Kier molecular flexibility index (Phi) is 5.63. The second kappa shape index (κ2) is 6.78. The second-order valence-electron chi connectivity index (χ2n) is 5.08. The zero-order valence-corrected chi connectivity index (χ0v) is 12.3. The maximum Gasteiger partial charge on any atom is 0.309 e. The first kappa shape index (κ1) is 15.8. The predicted molar refractivity (Wildman–Crippen MR) is 75.7 cm³/mol. The average molecular weight is 286 g/mol. The summed E-state index contributed by atoms with van der Waals surface area (Å²) in [6, 6.07) is 5.59. The van der Waals surface area contributed by atoms with Crippen LogP contribution < -0.4 is 10.1 Å². The number of hydrogen-bond acceptors (Lipinski definition) is 3. The van der Waals surface area contributed by atoms with E-state index < -0.39 is 11.4 Å². The van der Waals surface area contributed by atoms with Crippen molar-refractivity contribution in [1.82, 2.24) is 5.32 Å². The number of methoxy groups -OCH3 is 1. The van der Waals surface area contributed by atoms with Gasteiger partial charge in [0.2, 0.25) is 0 Å². The molecule has 4 nitrogen and oxygen atoms in total. The Hall–Kier alpha value is -1.26. The van der Waals surface area contributed by atoms with Gasteiger partial charge >= 0.3 is 5.97 Å². The normalized spacial score (nSPS) is 11.4. The van der Waals surface area contributed by atoms with Gasteiger partial charge in [0.25, 0.3) is 0 Å². The van der Waals surface area contributed by atoms with E-state index in [4.69, 9.17) is 21.4 Å². The van der Waals surface area contributed by atoms with E-state index in [1.807, 2.05) is 18.2 Å². The van der Waals surface area contributed by atoms with Crippen molar-refractivity contribution in [1.29, 1.82) is 0 Å². The summed E-state index contributed by atoms with van der Waals surface area (Å²) in [5.74, 6) is -0.126. The molecule has 0 atom stereocenters. The lowest BCUT2D eigenvalue weighted by atomic mass is 9.90. The molecule has 0 saturated heterocycles. The Morgan fingerprint density at radius 1 is 1.47 bits per heavy atom. The molecular weight excluding hydrogens is 266 g/mol. The third-order valence-electron chi connectivity index (χ3n) is 3.05. The Bertz CT molecular complexity index is 446. The van der Waals surface area contributed by atoms with Crippen molar-refractivity contribution in [2.45, 2.75) is 26.8 Å². The molecule has 1 aromatic carbocycles. The van der Waals surface area contributed by atoms with Crippen LogP contribution in [0.1, 0.15) is 25.8 Å². The zero-order chi connectivity index (χ0) is 14.5. The fourth-order valence-corrected chi connectivity index (χ4v) is 1.84. The molecule has 0 heterocycles. The van der Waals surface area contributed by atoms with Crippen LogP contribution in [-0.4, -0.2) is 24.7 Å². The van der Waals surface area contributed by atoms with Gasteiger partial charge in [-0.3, -0.25) is 4.79 Å². The third-order valence-corrected chi connectivity index (χ3v) is 3.35. The maximum atomic E-state index is 10.9. The molecule has 0 fully saturated rings. The highest BCUT2D eigenvalue weighted by molar-refractivity contribution is 6.32. The molecule has 0 aliphatic carbocycles. The largest absolute Gasteiger partial charge is 0.495 e. The minimum atomic E-state index is -0.776. The lowest BCUT2D eigenvalue weighted by Crippen LogP contribution is -2.28. The summed E-state index contributed by atoms with van der Waals surface area (Å²) in [6.45, 7) is 4.74. The number of carboxylic acids is 1. The number of rotatable bonds is 7. The lowest BCUT2D eigenvalue weighted by Gasteiger charge is -2.19. The fraction of sp³-hybridized carbons (Fsp3) is 0.500. The highest BCUT2D eigenvalue weighted by Crippen LogP contribution is 2.25. The molecule has 0 saturated carbocycles. The molecule has 0 amide bonds. The van der Waals surface area contributed by atoms with E-state index >= 15 is 0 Å². The minimum absolute atomic E-state index is 0.576. The first-order chi connectivity index (χ1) is 8.86. The van der Waals surface area contributed by atoms with Gasteiger partial charge in [-0.1, -0.05) is 17.7 Å². The Morgan fingerprint density at radius 2 is 2.16 bits per heavy atom. The number of halogens is 1. The molecule has 5 heteroatoms. The van der Waals surface area contributed by atoms with E-state index in [9.17, 15) is 4.79 Å². The highest BCUT2D eigenvalue weighted by Gasteiger charge is 2.25. The summed E-state index contributed by atoms with van der Waals surface area (Å²) < 4.78 is 5.08. The van der Waals surface area contributed by atoms with Gasteiger partial charge in [-0.2, -0.15) is 0 Å². The topological polar surface area (TPSA) is 58.6 Å². The molecule has 0 unspecified atom stereocenters. The Labute approximate surface area is 118 Å². The standard InChI is InChI=1S/C14H20ClNO3/c1-14(2,13(17)18)6-7-16-9-10-4-5-12(19-3)11(15)8-10/h4-5,8,16H,6-7,9H2,1-3H3,(H,17,18). The summed E-state index contributed by atoms with van der Waals surface area (Å²) in [6.07, 6.45) is 0.576. The van der Waals surface area contributed by atoms with Crippen LogP contribution in [0.2, 0.25) is 5.02 Å². The van der Waals surface area contributed by atoms with Gasteiger partial charge in [0.05, 0.1) is 17.5 Å². The highest BCUT2D eigenvalue weighted by atomic mass is 35.5. The molecule has 106 valence electrons. The molecule has 0 radical (unpaired) electrons. The molecule has 0 spiro atoms. The average Bonchev–Trinajstić information content (AvgIpc) is 2.34. The summed E-state index contributed by atoms with van der Waals surface area (Å²) in [4.78, 5) is 10.9. The summed E-state index contributed by atoms with van der Waals surface area (Å²) >= 11 is 6.03. The third kappa shape index (κ3) is 4.73. The van der Waals surface area contributed by atoms with Crippen molar-refractivity contribution in [3.63, 3.8) is 0 Å². The molecule has 0 aliphatic heterocycles. The van der Waals surface area contributed by atoms with Gasteiger partial charge in [0.15, 0.2) is 0 Å². The number of carbonyl (C=O) groups is 1. The number of nitrogens with one attached hydrogen (secondary N) is 1. The van der Waals surface area contributed by atoms with Crippen molar-refractivity contribution in [2.24, 2.45) is 5.41 Å². The van der Waals surface area contributed by atoms with Gasteiger partial charge in [0, 0.05) is 6.54 Å². The van der Waals surface area contributed by atoms with E-state index in [2.05, 4.69) is 5.32 Å². The van der Waals surface area contributed by atoms with Crippen LogP contribution >= 0.6 is 11.6 Å². The maximum absolute atomic E-state index is 10.9. The van der Waals surface area contributed by atoms with E-state index in [0.29, 0.717) is 30.3 Å². The quantitative estimate of drug-likeness (QED) is 0.756. The fourth-order valence-electron chi connectivity index (χ4n) is 1.56. The zero-order valence-electron chi connectivity index (χ0n) is 11.5. The molecule has 0 bridgehead atoms. The number of benzene rings is 1. The van der Waals surface area contributed by atoms with Gasteiger partial charge in [0.1, 0.15) is 5.75 Å². The molecular formula is C14H20ClNO3. The van der Waals surface area contributed by atoms with Crippen LogP contribution in [0.25, 0.3) is 0 Å². The SMILES string of the molecule is COc1ccc(CNCCC(C)(C)C(=O)O)cc1Cl. The lowest BCUT2D eigenvalue weighted by molar-refractivity contribution is -0.147. The predicted octanol–water partition coefficient (Wildman–Crippen LogP) is 2.94. The van der Waals surface area contributed by atoms with Crippen LogP contribution in [0.5, 0.6) is 5.75 Å². The van der Waals surface area contributed by atoms with Gasteiger partial charge in [-0.15, -0.1) is 0 Å². The van der Waals surface area contributed by atoms with E-state index in [1.54, 1.807) is 21.0 Å². The number of aliphatic carboxylic acids is 1.